The molecule has 1 aliphatic rings. The van der Waals surface area contributed by atoms with Gasteiger partial charge in [-0.3, -0.25) is 14.7 Å². The molecule has 0 bridgehead atoms. The summed E-state index contributed by atoms with van der Waals surface area (Å²) in [7, 11) is 0. The normalized spacial score (nSPS) is 16.2. The van der Waals surface area contributed by atoms with Gasteiger partial charge in [0, 0.05) is 36.3 Å². The summed E-state index contributed by atoms with van der Waals surface area (Å²) >= 11 is 0. The van der Waals surface area contributed by atoms with Gasteiger partial charge in [0.15, 0.2) is 5.82 Å². The first-order valence-corrected chi connectivity index (χ1v) is 9.13. The molecule has 136 valence electrons. The van der Waals surface area contributed by atoms with Crippen molar-refractivity contribution in [3.05, 3.63) is 53.9 Å². The molecule has 4 rings (SSSR count). The third-order valence-electron chi connectivity index (χ3n) is 5.00. The molecule has 6 nitrogen and oxygen atoms in total. The molecule has 3 aromatic rings. The molecule has 1 N–H and O–H groups in total. The number of hydrogen-bond donors (Lipinski definition) is 1. The SMILES string of the molecule is CCn1cc(CN2CCC(c3nc(-c4ccc(F)cc4)n[nH]3)CC2)cn1. The monoisotopic (exact) mass is 354 g/mol. The van der Waals surface area contributed by atoms with Gasteiger partial charge in [-0.05, 0) is 57.1 Å². The number of aromatic amines is 1. The summed E-state index contributed by atoms with van der Waals surface area (Å²) in [6.45, 7) is 6.02. The topological polar surface area (TPSA) is 62.6 Å². The zero-order valence-electron chi connectivity index (χ0n) is 14.9. The lowest BCUT2D eigenvalue weighted by atomic mass is 9.96. The van der Waals surface area contributed by atoms with Gasteiger partial charge in [0.25, 0.3) is 0 Å². The first kappa shape index (κ1) is 16.9. The Morgan fingerprint density at radius 3 is 2.65 bits per heavy atom. The van der Waals surface area contributed by atoms with Crippen LogP contribution in [0.2, 0.25) is 0 Å². The van der Waals surface area contributed by atoms with Gasteiger partial charge in [-0.25, -0.2) is 9.37 Å². The zero-order chi connectivity index (χ0) is 17.9. The Hall–Kier alpha value is -2.54. The zero-order valence-corrected chi connectivity index (χ0v) is 14.9. The first-order chi connectivity index (χ1) is 12.7. The molecule has 0 radical (unpaired) electrons. The molecular formula is C19H23FN6. The fraction of sp³-hybridized carbons (Fsp3) is 0.421. The second kappa shape index (κ2) is 7.37. The maximum absolute atomic E-state index is 13.1. The summed E-state index contributed by atoms with van der Waals surface area (Å²) in [6, 6.07) is 6.29. The minimum Gasteiger partial charge on any atom is -0.299 e. The van der Waals surface area contributed by atoms with Gasteiger partial charge in [0.1, 0.15) is 11.6 Å². The van der Waals surface area contributed by atoms with Crippen molar-refractivity contribution in [1.82, 2.24) is 29.9 Å². The Morgan fingerprint density at radius 1 is 1.19 bits per heavy atom. The van der Waals surface area contributed by atoms with Gasteiger partial charge in [-0.2, -0.15) is 10.2 Å². The van der Waals surface area contributed by atoms with Crippen LogP contribution in [-0.2, 0) is 13.1 Å². The number of nitrogens with one attached hydrogen (secondary N) is 1. The van der Waals surface area contributed by atoms with Crippen molar-refractivity contribution in [2.75, 3.05) is 13.1 Å². The lowest BCUT2D eigenvalue weighted by Crippen LogP contribution is -2.32. The van der Waals surface area contributed by atoms with Gasteiger partial charge in [-0.15, -0.1) is 0 Å². The maximum Gasteiger partial charge on any atom is 0.181 e. The van der Waals surface area contributed by atoms with Crippen LogP contribution in [-0.4, -0.2) is 43.0 Å². The van der Waals surface area contributed by atoms with E-state index in [0.29, 0.717) is 11.7 Å². The predicted octanol–water partition coefficient (Wildman–Crippen LogP) is 3.21. The highest BCUT2D eigenvalue weighted by Gasteiger charge is 2.23. The smallest absolute Gasteiger partial charge is 0.181 e. The van der Waals surface area contributed by atoms with E-state index in [2.05, 4.69) is 38.3 Å². The predicted molar refractivity (Wildman–Crippen MR) is 96.9 cm³/mol. The largest absolute Gasteiger partial charge is 0.299 e. The molecule has 26 heavy (non-hydrogen) atoms. The third-order valence-corrected chi connectivity index (χ3v) is 5.00. The number of H-pyrrole nitrogens is 1. The van der Waals surface area contributed by atoms with Gasteiger partial charge in [0.2, 0.25) is 0 Å². The van der Waals surface area contributed by atoms with Gasteiger partial charge < -0.3 is 0 Å². The van der Waals surface area contributed by atoms with Crippen LogP contribution < -0.4 is 0 Å². The van der Waals surface area contributed by atoms with Crippen LogP contribution in [0.4, 0.5) is 4.39 Å². The molecule has 1 aromatic carbocycles. The summed E-state index contributed by atoms with van der Waals surface area (Å²) in [4.78, 5) is 7.10. The second-order valence-electron chi connectivity index (χ2n) is 6.81. The second-order valence-corrected chi connectivity index (χ2v) is 6.81. The van der Waals surface area contributed by atoms with Crippen LogP contribution in [0.25, 0.3) is 11.4 Å². The third kappa shape index (κ3) is 3.67. The molecular weight excluding hydrogens is 331 g/mol. The number of hydrogen-bond acceptors (Lipinski definition) is 4. The van der Waals surface area contributed by atoms with Gasteiger partial charge >= 0.3 is 0 Å². The van der Waals surface area contributed by atoms with Crippen LogP contribution in [0.3, 0.4) is 0 Å². The van der Waals surface area contributed by atoms with E-state index in [-0.39, 0.29) is 5.82 Å². The van der Waals surface area contributed by atoms with Crippen LogP contribution in [0, 0.1) is 5.82 Å². The van der Waals surface area contributed by atoms with Crippen LogP contribution in [0.15, 0.2) is 36.7 Å². The average molecular weight is 354 g/mol. The summed E-state index contributed by atoms with van der Waals surface area (Å²) in [5.74, 6) is 1.71. The van der Waals surface area contributed by atoms with E-state index >= 15 is 0 Å². The van der Waals surface area contributed by atoms with Crippen molar-refractivity contribution in [2.24, 2.45) is 0 Å². The Balaban J connectivity index is 1.35. The minimum absolute atomic E-state index is 0.249. The van der Waals surface area contributed by atoms with Crippen LogP contribution >= 0.6 is 0 Å². The van der Waals surface area contributed by atoms with E-state index in [1.807, 2.05) is 10.9 Å². The van der Waals surface area contributed by atoms with Crippen molar-refractivity contribution >= 4 is 0 Å². The number of piperidine rings is 1. The number of aromatic nitrogens is 5. The molecule has 0 atom stereocenters. The lowest BCUT2D eigenvalue weighted by molar-refractivity contribution is 0.202. The van der Waals surface area contributed by atoms with Gasteiger partial charge in [-0.1, -0.05) is 0 Å². The summed E-state index contributed by atoms with van der Waals surface area (Å²) in [5, 5.41) is 11.7. The molecule has 3 heterocycles. The Morgan fingerprint density at radius 2 is 1.96 bits per heavy atom. The highest BCUT2D eigenvalue weighted by atomic mass is 19.1. The van der Waals surface area contributed by atoms with Crippen molar-refractivity contribution in [3.63, 3.8) is 0 Å². The van der Waals surface area contributed by atoms with E-state index in [4.69, 9.17) is 0 Å². The highest BCUT2D eigenvalue weighted by molar-refractivity contribution is 5.54. The highest BCUT2D eigenvalue weighted by Crippen LogP contribution is 2.27. The number of nitrogens with zero attached hydrogens (tertiary/aromatic N) is 5. The first-order valence-electron chi connectivity index (χ1n) is 9.13. The van der Waals surface area contributed by atoms with Gasteiger partial charge in [0.05, 0.1) is 6.20 Å². The standard InChI is InChI=1S/C19H23FN6/c1-2-26-13-14(11-21-26)12-25-9-7-16(8-10-25)19-22-18(23-24-19)15-3-5-17(20)6-4-15/h3-6,11,13,16H,2,7-10,12H2,1H3,(H,22,23,24). The average Bonchev–Trinajstić information content (AvgIpc) is 3.33. The fourth-order valence-electron chi connectivity index (χ4n) is 3.47. The summed E-state index contributed by atoms with van der Waals surface area (Å²) in [6.07, 6.45) is 6.19. The Bertz CT molecular complexity index is 845. The molecule has 1 aliphatic heterocycles. The minimum atomic E-state index is -0.249. The number of rotatable bonds is 5. The van der Waals surface area contributed by atoms with E-state index in [1.165, 1.54) is 17.7 Å². The maximum atomic E-state index is 13.1. The van der Waals surface area contributed by atoms with Crippen molar-refractivity contribution < 1.29 is 4.39 Å². The number of likely N-dealkylation sites (tertiary alicyclic amines) is 1. The number of benzene rings is 1. The molecule has 0 saturated carbocycles. The lowest BCUT2D eigenvalue weighted by Gasteiger charge is -2.30. The summed E-state index contributed by atoms with van der Waals surface area (Å²) in [5.41, 5.74) is 2.10. The van der Waals surface area contributed by atoms with E-state index in [0.717, 1.165) is 50.4 Å². The molecule has 7 heteroatoms. The van der Waals surface area contributed by atoms with E-state index in [1.54, 1.807) is 12.1 Å². The van der Waals surface area contributed by atoms with E-state index < -0.39 is 0 Å². The summed E-state index contributed by atoms with van der Waals surface area (Å²) < 4.78 is 15.0. The Kier molecular flexibility index (Phi) is 4.79. The van der Waals surface area contributed by atoms with Crippen LogP contribution in [0.1, 0.15) is 37.1 Å². The molecule has 0 spiro atoms. The molecule has 1 saturated heterocycles. The van der Waals surface area contributed by atoms with Crippen LogP contribution in [0.5, 0.6) is 0 Å². The molecule has 0 unspecified atom stereocenters. The van der Waals surface area contributed by atoms with Crippen molar-refractivity contribution in [2.45, 2.75) is 38.8 Å². The number of aryl methyl sites for hydroxylation is 1. The number of halogens is 1. The molecule has 2 aromatic heterocycles. The van der Waals surface area contributed by atoms with Crippen molar-refractivity contribution in [1.29, 1.82) is 0 Å². The Labute approximate surface area is 152 Å². The molecule has 0 amide bonds. The van der Waals surface area contributed by atoms with Crippen molar-refractivity contribution in [3.8, 4) is 11.4 Å². The molecule has 0 aliphatic carbocycles. The molecule has 1 fully saturated rings. The van der Waals surface area contributed by atoms with E-state index in [9.17, 15) is 4.39 Å². The quantitative estimate of drug-likeness (QED) is 0.764. The fourth-order valence-corrected chi connectivity index (χ4v) is 3.47.